The van der Waals surface area contributed by atoms with E-state index in [1.807, 2.05) is 4.68 Å². The molecular formula is C19H24N6O2S. The van der Waals surface area contributed by atoms with E-state index in [1.165, 1.54) is 31.0 Å². The van der Waals surface area contributed by atoms with Crippen LogP contribution in [0.25, 0.3) is 0 Å². The number of nitrogens with zero attached hydrogens (tertiary/aromatic N) is 4. The molecular weight excluding hydrogens is 376 g/mol. The molecule has 2 fully saturated rings. The summed E-state index contributed by atoms with van der Waals surface area (Å²) in [5, 5.41) is 18.5. The molecule has 28 heavy (non-hydrogen) atoms. The van der Waals surface area contributed by atoms with Crippen LogP contribution in [0.2, 0.25) is 0 Å². The lowest BCUT2D eigenvalue weighted by Crippen LogP contribution is -2.27. The maximum atomic E-state index is 12.5. The topological polar surface area (TPSA) is 102 Å². The number of hydrogen-bond acceptors (Lipinski definition) is 6. The van der Waals surface area contributed by atoms with Crippen LogP contribution in [-0.2, 0) is 4.79 Å². The van der Waals surface area contributed by atoms with Gasteiger partial charge in [-0.05, 0) is 48.2 Å². The monoisotopic (exact) mass is 400 g/mol. The van der Waals surface area contributed by atoms with Crippen molar-refractivity contribution in [2.45, 2.75) is 62.2 Å². The lowest BCUT2D eigenvalue weighted by Gasteiger charge is -2.21. The van der Waals surface area contributed by atoms with Crippen LogP contribution in [0.15, 0.2) is 29.4 Å². The van der Waals surface area contributed by atoms with Gasteiger partial charge < -0.3 is 10.6 Å². The number of tetrazole rings is 1. The molecule has 2 saturated carbocycles. The summed E-state index contributed by atoms with van der Waals surface area (Å²) in [5.74, 6) is -0.145. The molecule has 1 heterocycles. The number of aromatic nitrogens is 4. The van der Waals surface area contributed by atoms with Gasteiger partial charge in [-0.1, -0.05) is 43.2 Å². The molecule has 2 aliphatic carbocycles. The van der Waals surface area contributed by atoms with Crippen LogP contribution in [0.1, 0.15) is 61.3 Å². The van der Waals surface area contributed by atoms with E-state index < -0.39 is 0 Å². The van der Waals surface area contributed by atoms with E-state index in [9.17, 15) is 9.59 Å². The molecule has 4 rings (SSSR count). The van der Waals surface area contributed by atoms with E-state index in [1.54, 1.807) is 24.3 Å². The van der Waals surface area contributed by atoms with Crippen molar-refractivity contribution in [3.05, 3.63) is 29.8 Å². The van der Waals surface area contributed by atoms with Crippen LogP contribution in [0, 0.1) is 0 Å². The fraction of sp³-hybridized carbons (Fsp3) is 0.526. The predicted octanol–water partition coefficient (Wildman–Crippen LogP) is 2.80. The molecule has 2 N–H and O–H groups in total. The molecule has 1 aromatic heterocycles. The number of hydrogen-bond donors (Lipinski definition) is 2. The highest BCUT2D eigenvalue weighted by Gasteiger charge is 2.25. The molecule has 0 saturated heterocycles. The van der Waals surface area contributed by atoms with Crippen molar-refractivity contribution in [3.63, 3.8) is 0 Å². The van der Waals surface area contributed by atoms with E-state index in [2.05, 4.69) is 26.2 Å². The number of thioether (sulfide) groups is 1. The first-order valence-corrected chi connectivity index (χ1v) is 10.8. The van der Waals surface area contributed by atoms with E-state index in [-0.39, 0.29) is 23.6 Å². The SMILES string of the molecule is O=C(CSc1nnnn1C1CCCCC1)Nc1ccccc1C(=O)NC1CC1. The van der Waals surface area contributed by atoms with Gasteiger partial charge in [0.05, 0.1) is 23.0 Å². The molecule has 2 amide bonds. The Morgan fingerprint density at radius 1 is 1.11 bits per heavy atom. The number of benzene rings is 1. The molecule has 0 aliphatic heterocycles. The summed E-state index contributed by atoms with van der Waals surface area (Å²) in [4.78, 5) is 24.8. The molecule has 0 atom stereocenters. The van der Waals surface area contributed by atoms with Gasteiger partial charge in [0, 0.05) is 6.04 Å². The Morgan fingerprint density at radius 3 is 2.68 bits per heavy atom. The van der Waals surface area contributed by atoms with Crippen molar-refractivity contribution in [3.8, 4) is 0 Å². The van der Waals surface area contributed by atoms with Crippen molar-refractivity contribution >= 4 is 29.3 Å². The molecule has 9 heteroatoms. The molecule has 2 aromatic rings. The minimum Gasteiger partial charge on any atom is -0.349 e. The van der Waals surface area contributed by atoms with Crippen molar-refractivity contribution in [1.82, 2.24) is 25.5 Å². The normalized spacial score (nSPS) is 17.3. The molecule has 2 aliphatic rings. The standard InChI is InChI=1S/C19H24N6O2S/c26-17(12-28-19-22-23-24-25(19)14-6-2-1-3-7-14)21-16-9-5-4-8-15(16)18(27)20-13-10-11-13/h4-5,8-9,13-14H,1-3,6-7,10-12H2,(H,20,27)(H,21,26). The first-order valence-electron chi connectivity index (χ1n) is 9.81. The summed E-state index contributed by atoms with van der Waals surface area (Å²) in [6.07, 6.45) is 7.84. The fourth-order valence-electron chi connectivity index (χ4n) is 3.43. The summed E-state index contributed by atoms with van der Waals surface area (Å²) in [5.41, 5.74) is 1.01. The van der Waals surface area contributed by atoms with Crippen LogP contribution in [-0.4, -0.2) is 43.8 Å². The van der Waals surface area contributed by atoms with Crippen molar-refractivity contribution < 1.29 is 9.59 Å². The molecule has 0 spiro atoms. The second kappa shape index (κ2) is 8.72. The predicted molar refractivity (Wildman–Crippen MR) is 106 cm³/mol. The van der Waals surface area contributed by atoms with Crippen LogP contribution >= 0.6 is 11.8 Å². The summed E-state index contributed by atoms with van der Waals surface area (Å²) >= 11 is 1.32. The fourth-order valence-corrected chi connectivity index (χ4v) is 4.18. The highest BCUT2D eigenvalue weighted by molar-refractivity contribution is 7.99. The van der Waals surface area contributed by atoms with Gasteiger partial charge in [-0.15, -0.1) is 5.10 Å². The summed E-state index contributed by atoms with van der Waals surface area (Å²) in [6.45, 7) is 0. The second-order valence-electron chi connectivity index (χ2n) is 7.33. The molecule has 0 radical (unpaired) electrons. The Balaban J connectivity index is 1.35. The minimum absolute atomic E-state index is 0.146. The highest BCUT2D eigenvalue weighted by atomic mass is 32.2. The van der Waals surface area contributed by atoms with E-state index in [0.717, 1.165) is 25.7 Å². The number of carbonyl (C=O) groups excluding carboxylic acids is 2. The maximum absolute atomic E-state index is 12.5. The Kier molecular flexibility index (Phi) is 5.90. The Bertz CT molecular complexity index is 844. The number of anilines is 1. The third kappa shape index (κ3) is 4.70. The van der Waals surface area contributed by atoms with Crippen LogP contribution < -0.4 is 10.6 Å². The van der Waals surface area contributed by atoms with Crippen molar-refractivity contribution in [1.29, 1.82) is 0 Å². The number of nitrogens with one attached hydrogen (secondary N) is 2. The Labute approximate surface area is 167 Å². The second-order valence-corrected chi connectivity index (χ2v) is 8.27. The summed E-state index contributed by atoms with van der Waals surface area (Å²) < 4.78 is 1.86. The number of carbonyl (C=O) groups is 2. The van der Waals surface area contributed by atoms with Gasteiger partial charge in [0.2, 0.25) is 11.1 Å². The molecule has 1 aromatic carbocycles. The van der Waals surface area contributed by atoms with E-state index in [0.29, 0.717) is 22.4 Å². The zero-order valence-electron chi connectivity index (χ0n) is 15.6. The number of para-hydroxylation sites is 1. The van der Waals surface area contributed by atoms with Crippen molar-refractivity contribution in [2.24, 2.45) is 0 Å². The molecule has 8 nitrogen and oxygen atoms in total. The van der Waals surface area contributed by atoms with Gasteiger partial charge >= 0.3 is 0 Å². The average Bonchev–Trinajstić information content (AvgIpc) is 3.40. The first-order chi connectivity index (χ1) is 13.7. The molecule has 0 bridgehead atoms. The largest absolute Gasteiger partial charge is 0.349 e. The average molecular weight is 401 g/mol. The quantitative estimate of drug-likeness (QED) is 0.693. The zero-order valence-corrected chi connectivity index (χ0v) is 16.5. The number of rotatable bonds is 7. The summed E-state index contributed by atoms with van der Waals surface area (Å²) in [6, 6.07) is 7.66. The molecule has 0 unspecified atom stereocenters. The van der Waals surface area contributed by atoms with Crippen molar-refractivity contribution in [2.75, 3.05) is 11.1 Å². The van der Waals surface area contributed by atoms with Gasteiger partial charge in [-0.2, -0.15) is 0 Å². The van der Waals surface area contributed by atoms with Gasteiger partial charge in [-0.25, -0.2) is 4.68 Å². The van der Waals surface area contributed by atoms with Gasteiger partial charge in [0.15, 0.2) is 0 Å². The maximum Gasteiger partial charge on any atom is 0.253 e. The lowest BCUT2D eigenvalue weighted by atomic mass is 9.96. The van der Waals surface area contributed by atoms with Crippen LogP contribution in [0.5, 0.6) is 0 Å². The Hall–Kier alpha value is -2.42. The first kappa shape index (κ1) is 18.9. The molecule has 148 valence electrons. The minimum atomic E-state index is -0.185. The van der Waals surface area contributed by atoms with Gasteiger partial charge in [-0.3, -0.25) is 9.59 Å². The number of amides is 2. The summed E-state index contributed by atoms with van der Waals surface area (Å²) in [7, 11) is 0. The lowest BCUT2D eigenvalue weighted by molar-refractivity contribution is -0.113. The van der Waals surface area contributed by atoms with Crippen LogP contribution in [0.3, 0.4) is 0 Å². The van der Waals surface area contributed by atoms with E-state index >= 15 is 0 Å². The van der Waals surface area contributed by atoms with Crippen LogP contribution in [0.4, 0.5) is 5.69 Å². The smallest absolute Gasteiger partial charge is 0.253 e. The van der Waals surface area contributed by atoms with Gasteiger partial charge in [0.1, 0.15) is 0 Å². The van der Waals surface area contributed by atoms with Gasteiger partial charge in [0.25, 0.3) is 5.91 Å². The third-order valence-electron chi connectivity index (χ3n) is 5.07. The zero-order chi connectivity index (χ0) is 19.3. The highest BCUT2D eigenvalue weighted by Crippen LogP contribution is 2.30. The third-order valence-corrected chi connectivity index (χ3v) is 6.01. The Morgan fingerprint density at radius 2 is 1.89 bits per heavy atom. The van der Waals surface area contributed by atoms with E-state index in [4.69, 9.17) is 0 Å².